The molecule has 0 fully saturated rings. The smallest absolute Gasteiger partial charge is 0.303 e. The highest BCUT2D eigenvalue weighted by Crippen LogP contribution is 2.29. The van der Waals surface area contributed by atoms with Crippen molar-refractivity contribution in [1.29, 1.82) is 0 Å². The summed E-state index contributed by atoms with van der Waals surface area (Å²) in [5.41, 5.74) is 0.622. The van der Waals surface area contributed by atoms with Gasteiger partial charge in [-0.2, -0.15) is 0 Å². The van der Waals surface area contributed by atoms with Crippen molar-refractivity contribution in [3.05, 3.63) is 58.1 Å². The maximum absolute atomic E-state index is 12.6. The normalized spacial score (nSPS) is 11.0. The molecule has 0 spiro atoms. The van der Waals surface area contributed by atoms with E-state index in [-0.39, 0.29) is 48.0 Å². The summed E-state index contributed by atoms with van der Waals surface area (Å²) >= 11 is 0. The van der Waals surface area contributed by atoms with Gasteiger partial charge in [-0.1, -0.05) is 12.1 Å². The second-order valence-corrected chi connectivity index (χ2v) is 7.46. The maximum atomic E-state index is 12.6. The van der Waals surface area contributed by atoms with Gasteiger partial charge < -0.3 is 15.5 Å². The predicted molar refractivity (Wildman–Crippen MR) is 102 cm³/mol. The van der Waals surface area contributed by atoms with E-state index < -0.39 is 20.9 Å². The molecule has 0 radical (unpaired) electrons. The average Bonchev–Trinajstić information content (AvgIpc) is 2.65. The topological polar surface area (TPSA) is 159 Å². The van der Waals surface area contributed by atoms with Crippen LogP contribution in [0.1, 0.15) is 12.0 Å². The van der Waals surface area contributed by atoms with Gasteiger partial charge in [0, 0.05) is 25.1 Å². The Kier molecular flexibility index (Phi) is 6.90. The van der Waals surface area contributed by atoms with Gasteiger partial charge in [0.25, 0.3) is 15.7 Å². The summed E-state index contributed by atoms with van der Waals surface area (Å²) in [6.45, 7) is -0.0776. The van der Waals surface area contributed by atoms with E-state index in [2.05, 4.69) is 10.0 Å². The van der Waals surface area contributed by atoms with Gasteiger partial charge in [0.05, 0.1) is 27.8 Å². The number of aliphatic hydroxyl groups is 1. The molecule has 0 saturated carbocycles. The van der Waals surface area contributed by atoms with E-state index in [0.29, 0.717) is 5.56 Å². The number of carbonyl (C=O) groups is 1. The van der Waals surface area contributed by atoms with Gasteiger partial charge in [-0.25, -0.2) is 8.42 Å². The van der Waals surface area contributed by atoms with Gasteiger partial charge in [-0.15, -0.1) is 0 Å². The lowest BCUT2D eigenvalue weighted by molar-refractivity contribution is -0.384. The number of anilines is 2. The fraction of sp³-hybridized carbons (Fsp3) is 0.235. The molecule has 4 N–H and O–H groups in total. The number of benzene rings is 2. The molecule has 0 atom stereocenters. The van der Waals surface area contributed by atoms with Crippen molar-refractivity contribution in [1.82, 2.24) is 0 Å². The molecule has 0 bridgehead atoms. The number of nitro benzene ring substituents is 1. The summed E-state index contributed by atoms with van der Waals surface area (Å²) in [6.07, 6.45) is 0.196. The van der Waals surface area contributed by atoms with E-state index in [1.807, 2.05) is 0 Å². The molecule has 11 heteroatoms. The lowest BCUT2D eigenvalue weighted by Gasteiger charge is -2.14. The number of nitro groups is 1. The minimum absolute atomic E-state index is 0.0300. The van der Waals surface area contributed by atoms with E-state index >= 15 is 0 Å². The van der Waals surface area contributed by atoms with Crippen molar-refractivity contribution in [3.8, 4) is 0 Å². The Hall–Kier alpha value is -3.18. The molecule has 0 saturated heterocycles. The Morgan fingerprint density at radius 2 is 1.79 bits per heavy atom. The molecule has 0 heterocycles. The van der Waals surface area contributed by atoms with Crippen LogP contribution in [0, 0.1) is 10.1 Å². The van der Waals surface area contributed by atoms with Crippen LogP contribution in [0.15, 0.2) is 47.4 Å². The summed E-state index contributed by atoms with van der Waals surface area (Å²) in [4.78, 5) is 20.9. The van der Waals surface area contributed by atoms with E-state index in [0.717, 1.165) is 6.07 Å². The molecule has 2 rings (SSSR count). The number of aliphatic carboxylic acids is 1. The first-order valence-corrected chi connectivity index (χ1v) is 9.68. The van der Waals surface area contributed by atoms with E-state index in [1.165, 1.54) is 36.4 Å². The van der Waals surface area contributed by atoms with Crippen LogP contribution >= 0.6 is 0 Å². The lowest BCUT2D eigenvalue weighted by Crippen LogP contribution is -2.15. The molecule has 28 heavy (non-hydrogen) atoms. The van der Waals surface area contributed by atoms with Gasteiger partial charge in [0.1, 0.15) is 0 Å². The van der Waals surface area contributed by atoms with E-state index in [1.54, 1.807) is 0 Å². The van der Waals surface area contributed by atoms with Gasteiger partial charge >= 0.3 is 5.97 Å². The number of aliphatic hydroxyl groups excluding tert-OH is 1. The minimum Gasteiger partial charge on any atom is -0.481 e. The van der Waals surface area contributed by atoms with Gasteiger partial charge in [0.15, 0.2) is 0 Å². The first-order valence-electron chi connectivity index (χ1n) is 8.19. The Balaban J connectivity index is 2.28. The van der Waals surface area contributed by atoms with Crippen LogP contribution in [0.3, 0.4) is 0 Å². The minimum atomic E-state index is -4.04. The monoisotopic (exact) mass is 409 g/mol. The number of sulfonamides is 1. The van der Waals surface area contributed by atoms with Crippen molar-refractivity contribution in [2.75, 3.05) is 23.2 Å². The van der Waals surface area contributed by atoms with E-state index in [4.69, 9.17) is 10.2 Å². The first kappa shape index (κ1) is 21.1. The summed E-state index contributed by atoms with van der Waals surface area (Å²) in [6, 6.07) is 9.33. The van der Waals surface area contributed by atoms with Crippen LogP contribution in [-0.4, -0.2) is 42.7 Å². The quantitative estimate of drug-likeness (QED) is 0.341. The fourth-order valence-corrected chi connectivity index (χ4v) is 3.44. The van der Waals surface area contributed by atoms with Crippen LogP contribution in [0.5, 0.6) is 0 Å². The molecule has 10 nitrogen and oxygen atoms in total. The van der Waals surface area contributed by atoms with Gasteiger partial charge in [-0.3, -0.25) is 19.6 Å². The SMILES string of the molecule is O=C(O)CCc1ccc(S(=O)(=O)Nc2cc([N+](=O)[O-])ccc2NCCO)cc1. The molecule has 0 aromatic heterocycles. The zero-order valence-electron chi connectivity index (χ0n) is 14.7. The molecule has 2 aromatic carbocycles. The predicted octanol–water partition coefficient (Wildman–Crippen LogP) is 1.82. The third-order valence-electron chi connectivity index (χ3n) is 3.75. The number of aryl methyl sites for hydroxylation is 1. The molecule has 0 aliphatic heterocycles. The number of carboxylic acids is 1. The Morgan fingerprint density at radius 1 is 1.11 bits per heavy atom. The molecule has 0 aliphatic rings. The zero-order valence-corrected chi connectivity index (χ0v) is 15.5. The fourth-order valence-electron chi connectivity index (χ4n) is 2.37. The van der Waals surface area contributed by atoms with Crippen molar-refractivity contribution in [3.63, 3.8) is 0 Å². The highest BCUT2D eigenvalue weighted by molar-refractivity contribution is 7.92. The molecule has 0 amide bonds. The summed E-state index contributed by atoms with van der Waals surface area (Å²) < 4.78 is 27.6. The second kappa shape index (κ2) is 9.15. The molecular weight excluding hydrogens is 390 g/mol. The molecule has 150 valence electrons. The highest BCUT2D eigenvalue weighted by atomic mass is 32.2. The molecule has 0 aliphatic carbocycles. The largest absolute Gasteiger partial charge is 0.481 e. The van der Waals surface area contributed by atoms with Crippen LogP contribution in [-0.2, 0) is 21.2 Å². The molecular formula is C17H19N3O7S. The number of carboxylic acid groups (broad SMARTS) is 1. The van der Waals surface area contributed by atoms with Crippen molar-refractivity contribution in [2.24, 2.45) is 0 Å². The van der Waals surface area contributed by atoms with Crippen LogP contribution in [0.25, 0.3) is 0 Å². The summed E-state index contributed by atoms with van der Waals surface area (Å²) in [7, 11) is -4.04. The summed E-state index contributed by atoms with van der Waals surface area (Å²) in [5.74, 6) is -0.952. The number of non-ortho nitro benzene ring substituents is 1. The van der Waals surface area contributed by atoms with Crippen molar-refractivity contribution >= 4 is 33.1 Å². The van der Waals surface area contributed by atoms with Crippen LogP contribution < -0.4 is 10.0 Å². The number of nitrogens with zero attached hydrogens (tertiary/aromatic N) is 1. The number of hydrogen-bond donors (Lipinski definition) is 4. The van der Waals surface area contributed by atoms with Crippen molar-refractivity contribution in [2.45, 2.75) is 17.7 Å². The maximum Gasteiger partial charge on any atom is 0.303 e. The Labute approximate surface area is 161 Å². The number of rotatable bonds is 10. The summed E-state index contributed by atoms with van der Waals surface area (Å²) in [5, 5.41) is 31.4. The number of hydrogen-bond acceptors (Lipinski definition) is 7. The van der Waals surface area contributed by atoms with Gasteiger partial charge in [-0.05, 0) is 30.2 Å². The standard InChI is InChI=1S/C17H19N3O7S/c21-10-9-18-15-7-4-13(20(24)25)11-16(15)19-28(26,27)14-5-1-12(2-6-14)3-8-17(22)23/h1-2,4-7,11,18-19,21H,3,8-10H2,(H,22,23). The Bertz CT molecular complexity index is 959. The molecule has 0 unspecified atom stereocenters. The third kappa shape index (κ3) is 5.66. The van der Waals surface area contributed by atoms with Crippen molar-refractivity contribution < 1.29 is 28.3 Å². The first-order chi connectivity index (χ1) is 13.2. The van der Waals surface area contributed by atoms with Crippen LogP contribution in [0.2, 0.25) is 0 Å². The average molecular weight is 409 g/mol. The Morgan fingerprint density at radius 3 is 2.36 bits per heavy atom. The third-order valence-corrected chi connectivity index (χ3v) is 5.13. The zero-order chi connectivity index (χ0) is 20.7. The highest BCUT2D eigenvalue weighted by Gasteiger charge is 2.19. The second-order valence-electron chi connectivity index (χ2n) is 5.78. The molecule has 2 aromatic rings. The van der Waals surface area contributed by atoms with E-state index in [9.17, 15) is 23.3 Å². The van der Waals surface area contributed by atoms with Crippen LogP contribution in [0.4, 0.5) is 17.1 Å². The van der Waals surface area contributed by atoms with Gasteiger partial charge in [0.2, 0.25) is 0 Å². The lowest BCUT2D eigenvalue weighted by atomic mass is 10.1. The number of nitrogens with one attached hydrogen (secondary N) is 2.